The molecule has 1 heterocycles. The van der Waals surface area contributed by atoms with E-state index in [9.17, 15) is 4.39 Å². The van der Waals surface area contributed by atoms with Gasteiger partial charge in [0.25, 0.3) is 0 Å². The highest BCUT2D eigenvalue weighted by Gasteiger charge is 2.03. The zero-order valence-electron chi connectivity index (χ0n) is 6.61. The normalized spacial score (nSPS) is 10.3. The Morgan fingerprint density at radius 3 is 2.85 bits per heavy atom. The van der Waals surface area contributed by atoms with E-state index in [1.807, 2.05) is 6.07 Å². The topological polar surface area (TPSA) is 17.8 Å². The third-order valence-electron chi connectivity index (χ3n) is 1.66. The lowest BCUT2D eigenvalue weighted by Gasteiger charge is -2.02. The maximum atomic E-state index is 13.3. The third-order valence-corrected chi connectivity index (χ3v) is 2.33. The molecule has 0 aliphatic carbocycles. The van der Waals surface area contributed by atoms with Gasteiger partial charge in [-0.25, -0.2) is 9.07 Å². The van der Waals surface area contributed by atoms with Crippen LogP contribution in [0.5, 0.6) is 0 Å². The molecule has 0 bridgehead atoms. The standard InChI is InChI=1S/C9H6FIN2/c10-8-6-7(11)2-3-9(8)13-5-1-4-12-13/h1-6H. The summed E-state index contributed by atoms with van der Waals surface area (Å²) in [5.74, 6) is -0.254. The quantitative estimate of drug-likeness (QED) is 0.738. The van der Waals surface area contributed by atoms with E-state index in [0.717, 1.165) is 3.57 Å². The van der Waals surface area contributed by atoms with E-state index in [0.29, 0.717) is 5.69 Å². The van der Waals surface area contributed by atoms with Crippen molar-refractivity contribution in [1.82, 2.24) is 9.78 Å². The Morgan fingerprint density at radius 1 is 1.38 bits per heavy atom. The van der Waals surface area contributed by atoms with Crippen molar-refractivity contribution in [2.24, 2.45) is 0 Å². The minimum atomic E-state index is -0.254. The van der Waals surface area contributed by atoms with Crippen LogP contribution in [0.2, 0.25) is 0 Å². The van der Waals surface area contributed by atoms with Crippen LogP contribution in [-0.2, 0) is 0 Å². The van der Waals surface area contributed by atoms with Gasteiger partial charge in [0, 0.05) is 16.0 Å². The molecular weight excluding hydrogens is 282 g/mol. The Hall–Kier alpha value is -0.910. The molecule has 2 aromatic rings. The van der Waals surface area contributed by atoms with Gasteiger partial charge in [0.1, 0.15) is 11.5 Å². The van der Waals surface area contributed by atoms with Crippen LogP contribution in [0.4, 0.5) is 4.39 Å². The number of hydrogen-bond acceptors (Lipinski definition) is 1. The molecule has 0 fully saturated rings. The Kier molecular flexibility index (Phi) is 2.30. The molecule has 2 rings (SSSR count). The molecule has 0 spiro atoms. The van der Waals surface area contributed by atoms with Crippen LogP contribution < -0.4 is 0 Å². The number of hydrogen-bond donors (Lipinski definition) is 0. The van der Waals surface area contributed by atoms with Gasteiger partial charge in [0.15, 0.2) is 0 Å². The minimum absolute atomic E-state index is 0.254. The molecule has 2 nitrogen and oxygen atoms in total. The van der Waals surface area contributed by atoms with Crippen molar-refractivity contribution in [3.05, 3.63) is 46.0 Å². The highest BCUT2D eigenvalue weighted by atomic mass is 127. The summed E-state index contributed by atoms with van der Waals surface area (Å²) in [7, 11) is 0. The molecule has 0 atom stereocenters. The van der Waals surface area contributed by atoms with Gasteiger partial charge in [-0.2, -0.15) is 5.10 Å². The summed E-state index contributed by atoms with van der Waals surface area (Å²) in [5, 5.41) is 3.95. The fraction of sp³-hybridized carbons (Fsp3) is 0. The first-order valence-electron chi connectivity index (χ1n) is 3.72. The Balaban J connectivity index is 2.53. The van der Waals surface area contributed by atoms with Crippen LogP contribution in [0.25, 0.3) is 5.69 Å². The van der Waals surface area contributed by atoms with Crippen molar-refractivity contribution in [1.29, 1.82) is 0 Å². The van der Waals surface area contributed by atoms with Crippen LogP contribution in [-0.4, -0.2) is 9.78 Å². The van der Waals surface area contributed by atoms with Gasteiger partial charge >= 0.3 is 0 Å². The molecule has 0 N–H and O–H groups in total. The van der Waals surface area contributed by atoms with E-state index in [2.05, 4.69) is 27.7 Å². The van der Waals surface area contributed by atoms with Crippen molar-refractivity contribution in [3.8, 4) is 5.69 Å². The SMILES string of the molecule is Fc1cc(I)ccc1-n1cccn1. The number of nitrogens with zero attached hydrogens (tertiary/aromatic N) is 2. The first-order valence-corrected chi connectivity index (χ1v) is 4.80. The highest BCUT2D eigenvalue weighted by molar-refractivity contribution is 14.1. The molecule has 13 heavy (non-hydrogen) atoms. The molecule has 0 radical (unpaired) electrons. The summed E-state index contributed by atoms with van der Waals surface area (Å²) >= 11 is 2.07. The number of aromatic nitrogens is 2. The average Bonchev–Trinajstić information content (AvgIpc) is 2.56. The van der Waals surface area contributed by atoms with E-state index in [4.69, 9.17) is 0 Å². The second-order valence-corrected chi connectivity index (χ2v) is 3.79. The lowest BCUT2D eigenvalue weighted by atomic mass is 10.3. The van der Waals surface area contributed by atoms with Gasteiger partial charge in [0.2, 0.25) is 0 Å². The van der Waals surface area contributed by atoms with Crippen molar-refractivity contribution in [2.75, 3.05) is 0 Å². The fourth-order valence-corrected chi connectivity index (χ4v) is 1.53. The summed E-state index contributed by atoms with van der Waals surface area (Å²) < 4.78 is 15.7. The van der Waals surface area contributed by atoms with E-state index in [-0.39, 0.29) is 5.82 Å². The smallest absolute Gasteiger partial charge is 0.149 e. The second kappa shape index (κ2) is 3.45. The Labute approximate surface area is 88.5 Å². The monoisotopic (exact) mass is 288 g/mol. The number of halogens is 2. The molecule has 66 valence electrons. The molecular formula is C9H6FIN2. The molecule has 0 saturated carbocycles. The van der Waals surface area contributed by atoms with E-state index in [1.165, 1.54) is 10.7 Å². The summed E-state index contributed by atoms with van der Waals surface area (Å²) in [6.45, 7) is 0. The van der Waals surface area contributed by atoms with Crippen molar-refractivity contribution >= 4 is 22.6 Å². The lowest BCUT2D eigenvalue weighted by Crippen LogP contribution is -1.97. The molecule has 1 aromatic carbocycles. The van der Waals surface area contributed by atoms with Crippen LogP contribution in [0.15, 0.2) is 36.7 Å². The molecule has 4 heteroatoms. The Bertz CT molecular complexity index is 412. The predicted molar refractivity (Wildman–Crippen MR) is 56.2 cm³/mol. The third kappa shape index (κ3) is 1.72. The van der Waals surface area contributed by atoms with Gasteiger partial charge in [-0.15, -0.1) is 0 Å². The molecule has 0 aliphatic heterocycles. The van der Waals surface area contributed by atoms with Gasteiger partial charge in [-0.1, -0.05) is 0 Å². The summed E-state index contributed by atoms with van der Waals surface area (Å²) in [5.41, 5.74) is 0.477. The van der Waals surface area contributed by atoms with E-state index >= 15 is 0 Å². The van der Waals surface area contributed by atoms with Crippen molar-refractivity contribution < 1.29 is 4.39 Å². The van der Waals surface area contributed by atoms with Gasteiger partial charge in [0.05, 0.1) is 0 Å². The molecule has 0 saturated heterocycles. The van der Waals surface area contributed by atoms with Crippen molar-refractivity contribution in [2.45, 2.75) is 0 Å². The van der Waals surface area contributed by atoms with Crippen LogP contribution in [0.1, 0.15) is 0 Å². The van der Waals surface area contributed by atoms with Crippen LogP contribution in [0.3, 0.4) is 0 Å². The Morgan fingerprint density at radius 2 is 2.23 bits per heavy atom. The van der Waals surface area contributed by atoms with Gasteiger partial charge in [-0.05, 0) is 46.9 Å². The second-order valence-electron chi connectivity index (χ2n) is 2.55. The highest BCUT2D eigenvalue weighted by Crippen LogP contribution is 2.15. The summed E-state index contributed by atoms with van der Waals surface area (Å²) in [6, 6.07) is 6.81. The maximum Gasteiger partial charge on any atom is 0.149 e. The van der Waals surface area contributed by atoms with E-state index < -0.39 is 0 Å². The summed E-state index contributed by atoms with van der Waals surface area (Å²) in [4.78, 5) is 0. The van der Waals surface area contributed by atoms with Gasteiger partial charge in [-0.3, -0.25) is 0 Å². The molecule has 0 unspecified atom stereocenters. The zero-order chi connectivity index (χ0) is 9.26. The van der Waals surface area contributed by atoms with Gasteiger partial charge < -0.3 is 0 Å². The van der Waals surface area contributed by atoms with Crippen LogP contribution >= 0.6 is 22.6 Å². The molecule has 1 aromatic heterocycles. The molecule has 0 aliphatic rings. The predicted octanol–water partition coefficient (Wildman–Crippen LogP) is 2.62. The first-order chi connectivity index (χ1) is 6.27. The largest absolute Gasteiger partial charge is 0.238 e. The first kappa shape index (κ1) is 8.68. The summed E-state index contributed by atoms with van der Waals surface area (Å²) in [6.07, 6.45) is 3.34. The number of rotatable bonds is 1. The zero-order valence-corrected chi connectivity index (χ0v) is 8.77. The average molecular weight is 288 g/mol. The lowest BCUT2D eigenvalue weighted by molar-refractivity contribution is 0.610. The fourth-order valence-electron chi connectivity index (χ4n) is 1.08. The maximum absolute atomic E-state index is 13.3. The number of benzene rings is 1. The van der Waals surface area contributed by atoms with Crippen molar-refractivity contribution in [3.63, 3.8) is 0 Å². The van der Waals surface area contributed by atoms with Crippen LogP contribution in [0, 0.1) is 9.39 Å². The molecule has 0 amide bonds. The van der Waals surface area contributed by atoms with E-state index in [1.54, 1.807) is 24.5 Å². The minimum Gasteiger partial charge on any atom is -0.238 e.